The van der Waals surface area contributed by atoms with Crippen molar-refractivity contribution in [3.63, 3.8) is 0 Å². The fraction of sp³-hybridized carbons (Fsp3) is 0.0500. The maximum atomic E-state index is 12.6. The highest BCUT2D eigenvalue weighted by Gasteiger charge is 2.17. The van der Waals surface area contributed by atoms with Crippen molar-refractivity contribution < 1.29 is 17.9 Å². The third-order valence-corrected chi connectivity index (χ3v) is 6.01. The van der Waals surface area contributed by atoms with Gasteiger partial charge in [-0.1, -0.05) is 34.8 Å². The number of carbonyl (C=O) groups excluding carboxylic acids is 1. The molecule has 0 spiro atoms. The van der Waals surface area contributed by atoms with Gasteiger partial charge in [-0.2, -0.15) is 0 Å². The molecule has 0 aliphatic carbocycles. The molecule has 156 valence electrons. The Morgan fingerprint density at radius 3 is 2.07 bits per heavy atom. The summed E-state index contributed by atoms with van der Waals surface area (Å²) >= 11 is 17.8. The Kier molecular flexibility index (Phi) is 6.77. The lowest BCUT2D eigenvalue weighted by Gasteiger charge is -2.11. The van der Waals surface area contributed by atoms with Gasteiger partial charge in [0, 0.05) is 20.8 Å². The van der Waals surface area contributed by atoms with Gasteiger partial charge in [0.1, 0.15) is 5.75 Å². The van der Waals surface area contributed by atoms with Crippen molar-refractivity contribution in [2.45, 2.75) is 4.90 Å². The Bertz CT molecular complexity index is 1180. The molecule has 0 bridgehead atoms. The number of nitrogens with one attached hydrogen (secondary N) is 2. The van der Waals surface area contributed by atoms with Gasteiger partial charge in [-0.25, -0.2) is 8.42 Å². The first-order valence-electron chi connectivity index (χ1n) is 8.42. The summed E-state index contributed by atoms with van der Waals surface area (Å²) in [5.74, 6) is -0.0860. The molecule has 3 aromatic carbocycles. The summed E-state index contributed by atoms with van der Waals surface area (Å²) in [4.78, 5) is 12.5. The van der Waals surface area contributed by atoms with Crippen LogP contribution in [0, 0.1) is 0 Å². The molecule has 0 unspecified atom stereocenters. The molecular formula is C20H15Cl3N2O4S. The molecule has 30 heavy (non-hydrogen) atoms. The molecule has 0 radical (unpaired) electrons. The molecule has 0 heterocycles. The summed E-state index contributed by atoms with van der Waals surface area (Å²) in [5.41, 5.74) is 0.880. The highest BCUT2D eigenvalue weighted by molar-refractivity contribution is 7.92. The van der Waals surface area contributed by atoms with E-state index in [2.05, 4.69) is 10.0 Å². The van der Waals surface area contributed by atoms with E-state index in [9.17, 15) is 13.2 Å². The molecule has 0 saturated carbocycles. The number of benzene rings is 3. The van der Waals surface area contributed by atoms with Crippen LogP contribution in [0.1, 0.15) is 10.4 Å². The SMILES string of the molecule is COc1ccc(Cl)cc1C(=O)Nc1ccc(S(=O)(=O)Nc2cc(Cl)cc(Cl)c2)cc1. The molecule has 0 aliphatic heterocycles. The number of ether oxygens (including phenoxy) is 1. The maximum Gasteiger partial charge on any atom is 0.261 e. The largest absolute Gasteiger partial charge is 0.496 e. The van der Waals surface area contributed by atoms with Crippen molar-refractivity contribution in [2.24, 2.45) is 0 Å². The van der Waals surface area contributed by atoms with Crippen LogP contribution in [0.15, 0.2) is 65.6 Å². The van der Waals surface area contributed by atoms with Crippen LogP contribution >= 0.6 is 34.8 Å². The van der Waals surface area contributed by atoms with Crippen molar-refractivity contribution in [2.75, 3.05) is 17.1 Å². The zero-order valence-corrected chi connectivity index (χ0v) is 18.5. The van der Waals surface area contributed by atoms with Crippen molar-refractivity contribution >= 4 is 62.1 Å². The number of rotatable bonds is 6. The average Bonchev–Trinajstić information content (AvgIpc) is 2.67. The molecule has 1 amide bonds. The Balaban J connectivity index is 1.77. The first kappa shape index (κ1) is 22.2. The van der Waals surface area contributed by atoms with Gasteiger partial charge in [-0.05, 0) is 60.7 Å². The first-order valence-corrected chi connectivity index (χ1v) is 11.0. The van der Waals surface area contributed by atoms with E-state index in [4.69, 9.17) is 39.5 Å². The summed E-state index contributed by atoms with van der Waals surface area (Å²) in [7, 11) is -2.43. The number of sulfonamides is 1. The maximum absolute atomic E-state index is 12.6. The van der Waals surface area contributed by atoms with Crippen LogP contribution in [0.4, 0.5) is 11.4 Å². The van der Waals surface area contributed by atoms with Crippen molar-refractivity contribution in [3.05, 3.63) is 81.3 Å². The second kappa shape index (κ2) is 9.14. The average molecular weight is 486 g/mol. The standard InChI is InChI=1S/C20H15Cl3N2O4S/c1-29-19-7-2-12(21)11-18(19)20(26)24-15-3-5-17(6-4-15)30(27,28)25-16-9-13(22)8-14(23)10-16/h2-11,25H,1H3,(H,24,26). The molecule has 10 heteroatoms. The van der Waals surface area contributed by atoms with Gasteiger partial charge in [0.05, 0.1) is 23.3 Å². The van der Waals surface area contributed by atoms with Crippen molar-refractivity contribution in [1.29, 1.82) is 0 Å². The van der Waals surface area contributed by atoms with Gasteiger partial charge < -0.3 is 10.1 Å². The second-order valence-electron chi connectivity index (χ2n) is 6.09. The number of halogens is 3. The van der Waals surface area contributed by atoms with Gasteiger partial charge in [0.2, 0.25) is 0 Å². The lowest BCUT2D eigenvalue weighted by molar-refractivity contribution is 0.102. The molecule has 3 rings (SSSR count). The fourth-order valence-electron chi connectivity index (χ4n) is 2.60. The molecule has 2 N–H and O–H groups in total. The third-order valence-electron chi connectivity index (χ3n) is 3.94. The van der Waals surface area contributed by atoms with Gasteiger partial charge >= 0.3 is 0 Å². The molecular weight excluding hydrogens is 471 g/mol. The molecule has 0 aliphatic rings. The van der Waals surface area contributed by atoms with Gasteiger partial charge in [0.15, 0.2) is 0 Å². The smallest absolute Gasteiger partial charge is 0.261 e. The van der Waals surface area contributed by atoms with E-state index in [1.807, 2.05) is 0 Å². The number of carbonyl (C=O) groups is 1. The van der Waals surface area contributed by atoms with Gasteiger partial charge in [-0.15, -0.1) is 0 Å². The minimum absolute atomic E-state index is 0.00284. The predicted molar refractivity (Wildman–Crippen MR) is 120 cm³/mol. The Morgan fingerprint density at radius 1 is 0.833 bits per heavy atom. The number of hydrogen-bond acceptors (Lipinski definition) is 4. The Labute approximate surface area is 188 Å². The number of amides is 1. The number of methoxy groups -OCH3 is 1. The molecule has 0 saturated heterocycles. The van der Waals surface area contributed by atoms with E-state index in [1.165, 1.54) is 55.6 Å². The van der Waals surface area contributed by atoms with Gasteiger partial charge in [0.25, 0.3) is 15.9 Å². The van der Waals surface area contributed by atoms with Crippen LogP contribution in [0.3, 0.4) is 0 Å². The number of hydrogen-bond donors (Lipinski definition) is 2. The Morgan fingerprint density at radius 2 is 1.47 bits per heavy atom. The molecule has 0 atom stereocenters. The fourth-order valence-corrected chi connectivity index (χ4v) is 4.34. The minimum Gasteiger partial charge on any atom is -0.496 e. The summed E-state index contributed by atoms with van der Waals surface area (Å²) in [6.07, 6.45) is 0. The Hall–Kier alpha value is -2.45. The van der Waals surface area contributed by atoms with E-state index in [1.54, 1.807) is 12.1 Å². The number of anilines is 2. The topological polar surface area (TPSA) is 84.5 Å². The molecule has 3 aromatic rings. The highest BCUT2D eigenvalue weighted by atomic mass is 35.5. The van der Waals surface area contributed by atoms with E-state index < -0.39 is 15.9 Å². The summed E-state index contributed by atoms with van der Waals surface area (Å²) in [6, 6.07) is 14.7. The highest BCUT2D eigenvalue weighted by Crippen LogP contribution is 2.26. The summed E-state index contributed by atoms with van der Waals surface area (Å²) in [6.45, 7) is 0. The summed E-state index contributed by atoms with van der Waals surface area (Å²) in [5, 5.41) is 3.66. The zero-order valence-electron chi connectivity index (χ0n) is 15.4. The van der Waals surface area contributed by atoms with E-state index in [-0.39, 0.29) is 16.1 Å². The second-order valence-corrected chi connectivity index (χ2v) is 9.08. The van der Waals surface area contributed by atoms with Crippen LogP contribution in [0.5, 0.6) is 5.75 Å². The van der Waals surface area contributed by atoms with E-state index >= 15 is 0 Å². The van der Waals surface area contributed by atoms with E-state index in [0.717, 1.165) is 0 Å². The van der Waals surface area contributed by atoms with E-state index in [0.29, 0.717) is 26.5 Å². The van der Waals surface area contributed by atoms with Crippen LogP contribution in [0.25, 0.3) is 0 Å². The van der Waals surface area contributed by atoms with Crippen molar-refractivity contribution in [3.8, 4) is 5.75 Å². The lowest BCUT2D eigenvalue weighted by Crippen LogP contribution is -2.15. The summed E-state index contributed by atoms with van der Waals surface area (Å²) < 4.78 is 32.7. The monoisotopic (exact) mass is 484 g/mol. The quantitative estimate of drug-likeness (QED) is 0.468. The molecule has 0 aromatic heterocycles. The minimum atomic E-state index is -3.88. The third kappa shape index (κ3) is 5.37. The predicted octanol–water partition coefficient (Wildman–Crippen LogP) is 5.71. The van der Waals surface area contributed by atoms with Crippen LogP contribution in [-0.4, -0.2) is 21.4 Å². The molecule has 0 fully saturated rings. The van der Waals surface area contributed by atoms with Crippen LogP contribution < -0.4 is 14.8 Å². The first-order chi connectivity index (χ1) is 14.2. The zero-order chi connectivity index (χ0) is 21.9. The van der Waals surface area contributed by atoms with Crippen LogP contribution in [0.2, 0.25) is 15.1 Å². The van der Waals surface area contributed by atoms with Crippen molar-refractivity contribution in [1.82, 2.24) is 0 Å². The lowest BCUT2D eigenvalue weighted by atomic mass is 10.2. The van der Waals surface area contributed by atoms with Gasteiger partial charge in [-0.3, -0.25) is 9.52 Å². The van der Waals surface area contributed by atoms with Crippen LogP contribution in [-0.2, 0) is 10.0 Å². The normalized spacial score (nSPS) is 11.1. The molecule has 6 nitrogen and oxygen atoms in total.